The Morgan fingerprint density at radius 3 is 2.70 bits per heavy atom. The quantitative estimate of drug-likeness (QED) is 0.800. The number of aliphatic hydroxyl groups excluding tert-OH is 1. The largest absolute Gasteiger partial charge is 0.462 e. The van der Waals surface area contributed by atoms with Crippen molar-refractivity contribution in [3.05, 3.63) is 59.3 Å². The minimum absolute atomic E-state index is 0.0524. The number of pyridine rings is 1. The molecule has 0 bridgehead atoms. The molecule has 2 N–H and O–H groups in total. The Labute approximate surface area is 131 Å². The van der Waals surface area contributed by atoms with Crippen molar-refractivity contribution in [2.45, 2.75) is 13.0 Å². The molecule has 23 heavy (non-hydrogen) atoms. The van der Waals surface area contributed by atoms with E-state index < -0.39 is 23.7 Å². The molecule has 1 aromatic heterocycles. The van der Waals surface area contributed by atoms with Gasteiger partial charge in [0.05, 0.1) is 18.3 Å². The van der Waals surface area contributed by atoms with E-state index in [0.29, 0.717) is 11.4 Å². The zero-order valence-electron chi connectivity index (χ0n) is 12.4. The smallest absolute Gasteiger partial charge is 0.339 e. The van der Waals surface area contributed by atoms with E-state index in [-0.39, 0.29) is 18.7 Å². The van der Waals surface area contributed by atoms with E-state index in [1.54, 1.807) is 13.0 Å². The number of nitrogens with one attached hydrogen (secondary N) is 1. The van der Waals surface area contributed by atoms with E-state index in [4.69, 9.17) is 4.74 Å². The van der Waals surface area contributed by atoms with Crippen molar-refractivity contribution in [3.8, 4) is 0 Å². The summed E-state index contributed by atoms with van der Waals surface area (Å²) in [6, 6.07) is 6.31. The van der Waals surface area contributed by atoms with Gasteiger partial charge in [0.15, 0.2) is 11.6 Å². The second-order valence-corrected chi connectivity index (χ2v) is 4.72. The fourth-order valence-electron chi connectivity index (χ4n) is 1.87. The first kappa shape index (κ1) is 16.8. The molecule has 122 valence electrons. The molecule has 1 atom stereocenters. The molecule has 2 rings (SSSR count). The number of anilines is 1. The molecule has 0 aliphatic rings. The average Bonchev–Trinajstić information content (AvgIpc) is 2.56. The first-order valence-corrected chi connectivity index (χ1v) is 7.01. The third-order valence-corrected chi connectivity index (χ3v) is 3.08. The highest BCUT2D eigenvalue weighted by atomic mass is 19.2. The number of ether oxygens (including phenoxy) is 1. The van der Waals surface area contributed by atoms with Gasteiger partial charge in [-0.2, -0.15) is 0 Å². The van der Waals surface area contributed by atoms with E-state index in [0.717, 1.165) is 12.1 Å². The van der Waals surface area contributed by atoms with Gasteiger partial charge in [0.25, 0.3) is 0 Å². The lowest BCUT2D eigenvalue weighted by atomic mass is 10.1. The lowest BCUT2D eigenvalue weighted by molar-refractivity contribution is 0.0526. The fourth-order valence-corrected chi connectivity index (χ4v) is 1.87. The van der Waals surface area contributed by atoms with Gasteiger partial charge in [-0.1, -0.05) is 6.07 Å². The van der Waals surface area contributed by atoms with Gasteiger partial charge >= 0.3 is 5.97 Å². The number of carbonyl (C=O) groups excluding carboxylic acids is 1. The number of hydrogen-bond acceptors (Lipinski definition) is 5. The molecule has 0 aliphatic carbocycles. The predicted octanol–water partition coefficient (Wildman–Crippen LogP) is 2.68. The molecule has 5 nitrogen and oxygen atoms in total. The highest BCUT2D eigenvalue weighted by molar-refractivity contribution is 5.89. The van der Waals surface area contributed by atoms with Crippen molar-refractivity contribution >= 4 is 11.8 Å². The minimum atomic E-state index is -1.03. The highest BCUT2D eigenvalue weighted by Gasteiger charge is 2.11. The standard InChI is InChI=1S/C16H16F2N2O3/c1-2-23-16(22)11-4-6-15(19-8-11)20-9-14(21)10-3-5-12(17)13(18)7-10/h3-8,14,21H,2,9H2,1H3,(H,19,20)/t14-/m1/s1. The maximum Gasteiger partial charge on any atom is 0.339 e. The van der Waals surface area contributed by atoms with E-state index >= 15 is 0 Å². The summed E-state index contributed by atoms with van der Waals surface area (Å²) in [6.45, 7) is 2.04. The first-order valence-electron chi connectivity index (χ1n) is 7.01. The summed E-state index contributed by atoms with van der Waals surface area (Å²) in [5.41, 5.74) is 0.568. The van der Waals surface area contributed by atoms with Crippen LogP contribution < -0.4 is 5.32 Å². The summed E-state index contributed by atoms with van der Waals surface area (Å²) < 4.78 is 30.8. The molecule has 0 fully saturated rings. The van der Waals surface area contributed by atoms with Crippen molar-refractivity contribution in [1.29, 1.82) is 0 Å². The molecular formula is C16H16F2N2O3. The molecule has 0 saturated heterocycles. The lowest BCUT2D eigenvalue weighted by Gasteiger charge is -2.13. The summed E-state index contributed by atoms with van der Waals surface area (Å²) in [4.78, 5) is 15.5. The van der Waals surface area contributed by atoms with E-state index in [2.05, 4.69) is 10.3 Å². The number of esters is 1. The van der Waals surface area contributed by atoms with Crippen LogP contribution in [0.4, 0.5) is 14.6 Å². The van der Waals surface area contributed by atoms with Crippen molar-refractivity contribution in [1.82, 2.24) is 4.98 Å². The van der Waals surface area contributed by atoms with Crippen LogP contribution in [-0.4, -0.2) is 29.2 Å². The molecule has 1 aromatic carbocycles. The number of nitrogens with zero attached hydrogens (tertiary/aromatic N) is 1. The SMILES string of the molecule is CCOC(=O)c1ccc(NC[C@@H](O)c2ccc(F)c(F)c2)nc1. The Hall–Kier alpha value is -2.54. The van der Waals surface area contributed by atoms with Gasteiger partial charge in [-0.15, -0.1) is 0 Å². The Kier molecular flexibility index (Phi) is 5.59. The second-order valence-electron chi connectivity index (χ2n) is 4.72. The van der Waals surface area contributed by atoms with Gasteiger partial charge < -0.3 is 15.2 Å². The van der Waals surface area contributed by atoms with Gasteiger partial charge in [0, 0.05) is 12.7 Å². The molecule has 2 aromatic rings. The zero-order chi connectivity index (χ0) is 16.8. The van der Waals surface area contributed by atoms with Crippen LogP contribution >= 0.6 is 0 Å². The van der Waals surface area contributed by atoms with Gasteiger partial charge in [-0.05, 0) is 36.8 Å². The molecular weight excluding hydrogens is 306 g/mol. The lowest BCUT2D eigenvalue weighted by Crippen LogP contribution is -2.13. The number of hydrogen-bond donors (Lipinski definition) is 2. The maximum absolute atomic E-state index is 13.1. The number of aliphatic hydroxyl groups is 1. The van der Waals surface area contributed by atoms with Crippen LogP contribution in [0.3, 0.4) is 0 Å². The monoisotopic (exact) mass is 322 g/mol. The van der Waals surface area contributed by atoms with Crippen molar-refractivity contribution in [3.63, 3.8) is 0 Å². The van der Waals surface area contributed by atoms with Crippen LogP contribution in [0.2, 0.25) is 0 Å². The summed E-state index contributed by atoms with van der Waals surface area (Å²) in [5.74, 6) is -2.02. The zero-order valence-corrected chi connectivity index (χ0v) is 12.4. The number of rotatable bonds is 6. The molecule has 0 unspecified atom stereocenters. The number of aromatic nitrogens is 1. The van der Waals surface area contributed by atoms with Crippen LogP contribution in [0, 0.1) is 11.6 Å². The maximum atomic E-state index is 13.1. The molecule has 0 spiro atoms. The van der Waals surface area contributed by atoms with Gasteiger partial charge in [0.1, 0.15) is 5.82 Å². The molecule has 0 saturated carbocycles. The van der Waals surface area contributed by atoms with E-state index in [1.807, 2.05) is 0 Å². The molecule has 1 heterocycles. The van der Waals surface area contributed by atoms with E-state index in [1.165, 1.54) is 18.3 Å². The Morgan fingerprint density at radius 2 is 2.09 bits per heavy atom. The molecule has 0 amide bonds. The predicted molar refractivity (Wildman–Crippen MR) is 80.0 cm³/mol. The van der Waals surface area contributed by atoms with Crippen LogP contribution in [0.15, 0.2) is 36.5 Å². The van der Waals surface area contributed by atoms with Crippen molar-refractivity contribution in [2.24, 2.45) is 0 Å². The van der Waals surface area contributed by atoms with Crippen LogP contribution in [0.5, 0.6) is 0 Å². The Morgan fingerprint density at radius 1 is 1.30 bits per heavy atom. The second kappa shape index (κ2) is 7.64. The minimum Gasteiger partial charge on any atom is -0.462 e. The molecule has 0 aliphatic heterocycles. The van der Waals surface area contributed by atoms with Gasteiger partial charge in [-0.3, -0.25) is 0 Å². The van der Waals surface area contributed by atoms with Crippen LogP contribution in [-0.2, 0) is 4.74 Å². The number of benzene rings is 1. The van der Waals surface area contributed by atoms with Gasteiger partial charge in [0.2, 0.25) is 0 Å². The fraction of sp³-hybridized carbons (Fsp3) is 0.250. The Bertz CT molecular complexity index is 678. The van der Waals surface area contributed by atoms with Crippen molar-refractivity contribution < 1.29 is 23.4 Å². The first-order chi connectivity index (χ1) is 11.0. The summed E-state index contributed by atoms with van der Waals surface area (Å²) in [6.07, 6.45) is 0.321. The Balaban J connectivity index is 1.94. The molecule has 0 radical (unpaired) electrons. The number of carbonyl (C=O) groups is 1. The third kappa shape index (κ3) is 4.46. The topological polar surface area (TPSA) is 71.5 Å². The van der Waals surface area contributed by atoms with E-state index in [9.17, 15) is 18.7 Å². The van der Waals surface area contributed by atoms with Crippen LogP contribution in [0.1, 0.15) is 28.9 Å². The van der Waals surface area contributed by atoms with Crippen LogP contribution in [0.25, 0.3) is 0 Å². The number of halogens is 2. The summed E-state index contributed by atoms with van der Waals surface area (Å²) >= 11 is 0. The highest BCUT2D eigenvalue weighted by Crippen LogP contribution is 2.17. The molecule has 7 heteroatoms. The third-order valence-electron chi connectivity index (χ3n) is 3.08. The van der Waals surface area contributed by atoms with Crippen molar-refractivity contribution in [2.75, 3.05) is 18.5 Å². The average molecular weight is 322 g/mol. The normalized spacial score (nSPS) is 11.8. The summed E-state index contributed by atoms with van der Waals surface area (Å²) in [7, 11) is 0. The van der Waals surface area contributed by atoms with Gasteiger partial charge in [-0.25, -0.2) is 18.6 Å². The summed E-state index contributed by atoms with van der Waals surface area (Å²) in [5, 5.41) is 12.8.